The minimum atomic E-state index is 0.0144. The number of nitrogens with zero attached hydrogens (tertiary/aromatic N) is 3. The smallest absolute Gasteiger partial charge is 0.322 e. The van der Waals surface area contributed by atoms with Crippen LogP contribution in [0.2, 0.25) is 0 Å². The summed E-state index contributed by atoms with van der Waals surface area (Å²) < 4.78 is 0. The van der Waals surface area contributed by atoms with E-state index in [1.807, 2.05) is 11.0 Å². The number of aryl methyl sites for hydroxylation is 1. The van der Waals surface area contributed by atoms with Gasteiger partial charge in [0.25, 0.3) is 0 Å². The summed E-state index contributed by atoms with van der Waals surface area (Å²) in [7, 11) is 0. The molecule has 0 unspecified atom stereocenters. The summed E-state index contributed by atoms with van der Waals surface area (Å²) in [4.78, 5) is 21.2. The van der Waals surface area contributed by atoms with Crippen molar-refractivity contribution in [2.75, 3.05) is 29.9 Å². The first-order valence-electron chi connectivity index (χ1n) is 9.03. The molecule has 1 N–H and O–H groups in total. The van der Waals surface area contributed by atoms with Crippen LogP contribution in [0.3, 0.4) is 0 Å². The van der Waals surface area contributed by atoms with Crippen LogP contribution in [0.4, 0.5) is 16.2 Å². The molecule has 4 rings (SSSR count). The Morgan fingerprint density at radius 1 is 1.08 bits per heavy atom. The fraction of sp³-hybridized carbons (Fsp3) is 0.400. The summed E-state index contributed by atoms with van der Waals surface area (Å²) >= 11 is 0. The van der Waals surface area contributed by atoms with Gasteiger partial charge in [0.1, 0.15) is 0 Å². The van der Waals surface area contributed by atoms with Gasteiger partial charge in [-0.05, 0) is 49.9 Å². The number of hydrogen-bond acceptors (Lipinski definition) is 3. The maximum absolute atomic E-state index is 12.6. The van der Waals surface area contributed by atoms with E-state index in [-0.39, 0.29) is 6.03 Å². The first-order chi connectivity index (χ1) is 12.2. The fourth-order valence-electron chi connectivity index (χ4n) is 3.82. The number of aromatic nitrogens is 1. The number of hydrogen-bond donors (Lipinski definition) is 1. The Balaban J connectivity index is 1.41. The van der Waals surface area contributed by atoms with Crippen LogP contribution in [0.1, 0.15) is 24.0 Å². The van der Waals surface area contributed by atoms with Gasteiger partial charge in [-0.3, -0.25) is 4.98 Å². The molecule has 5 nitrogen and oxygen atoms in total. The lowest BCUT2D eigenvalue weighted by Crippen LogP contribution is -2.48. The zero-order valence-corrected chi connectivity index (χ0v) is 14.6. The van der Waals surface area contributed by atoms with Crippen LogP contribution in [0, 0.1) is 6.92 Å². The summed E-state index contributed by atoms with van der Waals surface area (Å²) in [6, 6.07) is 11.0. The fourth-order valence-corrected chi connectivity index (χ4v) is 3.82. The molecule has 1 aromatic carbocycles. The topological polar surface area (TPSA) is 48.5 Å². The third-order valence-electron chi connectivity index (χ3n) is 5.34. The van der Waals surface area contributed by atoms with E-state index in [0.29, 0.717) is 6.04 Å². The number of fused-ring (bicyclic) bond motifs is 1. The highest BCUT2D eigenvalue weighted by Crippen LogP contribution is 2.26. The molecule has 1 aromatic heterocycles. The summed E-state index contributed by atoms with van der Waals surface area (Å²) in [6.07, 6.45) is 6.44. The van der Waals surface area contributed by atoms with Crippen LogP contribution in [0.15, 0.2) is 42.7 Å². The van der Waals surface area contributed by atoms with E-state index in [2.05, 4.69) is 46.4 Å². The van der Waals surface area contributed by atoms with Gasteiger partial charge in [0, 0.05) is 37.6 Å². The van der Waals surface area contributed by atoms with Gasteiger partial charge in [0.05, 0.1) is 11.9 Å². The average Bonchev–Trinajstić information content (AvgIpc) is 2.81. The Morgan fingerprint density at radius 3 is 2.60 bits per heavy atom. The summed E-state index contributed by atoms with van der Waals surface area (Å²) in [5.41, 5.74) is 4.59. The van der Waals surface area contributed by atoms with Crippen molar-refractivity contribution >= 4 is 17.4 Å². The first-order valence-corrected chi connectivity index (χ1v) is 9.03. The Morgan fingerprint density at radius 2 is 1.84 bits per heavy atom. The third-order valence-corrected chi connectivity index (χ3v) is 5.34. The number of carbonyl (C=O) groups excluding carboxylic acids is 1. The van der Waals surface area contributed by atoms with Crippen molar-refractivity contribution < 1.29 is 4.79 Å². The average molecular weight is 336 g/mol. The Bertz CT molecular complexity index is 751. The minimum absolute atomic E-state index is 0.0144. The zero-order chi connectivity index (χ0) is 17.2. The van der Waals surface area contributed by atoms with E-state index < -0.39 is 0 Å². The summed E-state index contributed by atoms with van der Waals surface area (Å²) in [6.45, 7) is 4.87. The SMILES string of the molecule is Cc1ccc(N2CCC(N3CCc4ccncc4NC3=O)CC2)cc1. The third kappa shape index (κ3) is 3.31. The second-order valence-electron chi connectivity index (χ2n) is 6.96. The Hall–Kier alpha value is -2.56. The van der Waals surface area contributed by atoms with Crippen LogP contribution < -0.4 is 10.2 Å². The normalized spacial score (nSPS) is 18.5. The van der Waals surface area contributed by atoms with Gasteiger partial charge >= 0.3 is 6.03 Å². The Labute approximate surface area is 148 Å². The van der Waals surface area contributed by atoms with Crippen molar-refractivity contribution in [1.29, 1.82) is 0 Å². The zero-order valence-electron chi connectivity index (χ0n) is 14.6. The molecule has 0 saturated carbocycles. The van der Waals surface area contributed by atoms with E-state index in [1.54, 1.807) is 12.4 Å². The number of benzene rings is 1. The molecule has 0 spiro atoms. The lowest BCUT2D eigenvalue weighted by Gasteiger charge is -2.39. The molecule has 3 heterocycles. The first kappa shape index (κ1) is 15.9. The van der Waals surface area contributed by atoms with Gasteiger partial charge in [-0.2, -0.15) is 0 Å². The van der Waals surface area contributed by atoms with Gasteiger partial charge in [0.15, 0.2) is 0 Å². The number of rotatable bonds is 2. The molecule has 2 aliphatic rings. The molecule has 0 radical (unpaired) electrons. The molecule has 5 heteroatoms. The van der Waals surface area contributed by atoms with Crippen LogP contribution in [0.25, 0.3) is 0 Å². The second-order valence-corrected chi connectivity index (χ2v) is 6.96. The van der Waals surface area contributed by atoms with Crippen LogP contribution in [0.5, 0.6) is 0 Å². The van der Waals surface area contributed by atoms with E-state index in [9.17, 15) is 4.79 Å². The van der Waals surface area contributed by atoms with Crippen molar-refractivity contribution in [3.63, 3.8) is 0 Å². The standard InChI is InChI=1S/C20H24N4O/c1-15-2-4-17(5-3-15)23-11-8-18(9-12-23)24-13-7-16-6-10-21-14-19(16)22-20(24)25/h2-6,10,14,18H,7-9,11-13H2,1H3,(H,22,25). The van der Waals surface area contributed by atoms with Crippen molar-refractivity contribution in [2.45, 2.75) is 32.2 Å². The molecule has 2 aliphatic heterocycles. The van der Waals surface area contributed by atoms with Gasteiger partial charge in [-0.1, -0.05) is 17.7 Å². The maximum Gasteiger partial charge on any atom is 0.322 e. The molecule has 0 aliphatic carbocycles. The number of nitrogens with one attached hydrogen (secondary N) is 1. The van der Waals surface area contributed by atoms with Gasteiger partial charge in [0.2, 0.25) is 0 Å². The number of carbonyl (C=O) groups is 1. The van der Waals surface area contributed by atoms with Crippen LogP contribution in [-0.4, -0.2) is 41.6 Å². The predicted molar refractivity (Wildman–Crippen MR) is 100 cm³/mol. The van der Waals surface area contributed by atoms with Crippen molar-refractivity contribution in [3.8, 4) is 0 Å². The minimum Gasteiger partial charge on any atom is -0.371 e. The largest absolute Gasteiger partial charge is 0.371 e. The highest BCUT2D eigenvalue weighted by Gasteiger charge is 2.30. The Kier molecular flexibility index (Phi) is 4.30. The number of anilines is 2. The molecular formula is C20H24N4O. The molecule has 0 atom stereocenters. The van der Waals surface area contributed by atoms with Gasteiger partial charge in [-0.25, -0.2) is 4.79 Å². The number of urea groups is 1. The monoisotopic (exact) mass is 336 g/mol. The van der Waals surface area contributed by atoms with Crippen molar-refractivity contribution in [1.82, 2.24) is 9.88 Å². The second kappa shape index (κ2) is 6.75. The quantitative estimate of drug-likeness (QED) is 0.914. The van der Waals surface area contributed by atoms with E-state index in [4.69, 9.17) is 0 Å². The van der Waals surface area contributed by atoms with E-state index in [1.165, 1.54) is 16.8 Å². The van der Waals surface area contributed by atoms with Gasteiger partial charge in [-0.15, -0.1) is 0 Å². The molecule has 25 heavy (non-hydrogen) atoms. The molecular weight excluding hydrogens is 312 g/mol. The maximum atomic E-state index is 12.6. The van der Waals surface area contributed by atoms with Crippen molar-refractivity contribution in [2.24, 2.45) is 0 Å². The summed E-state index contributed by atoms with van der Waals surface area (Å²) in [5.74, 6) is 0. The molecule has 130 valence electrons. The number of piperidine rings is 1. The van der Waals surface area contributed by atoms with Gasteiger partial charge < -0.3 is 15.1 Å². The molecule has 0 bridgehead atoms. The van der Waals surface area contributed by atoms with Crippen molar-refractivity contribution in [3.05, 3.63) is 53.9 Å². The number of amides is 2. The molecule has 1 fully saturated rings. The van der Waals surface area contributed by atoms with E-state index >= 15 is 0 Å². The van der Waals surface area contributed by atoms with Crippen LogP contribution in [-0.2, 0) is 6.42 Å². The highest BCUT2D eigenvalue weighted by molar-refractivity contribution is 5.91. The van der Waals surface area contributed by atoms with Crippen LogP contribution >= 0.6 is 0 Å². The highest BCUT2D eigenvalue weighted by atomic mass is 16.2. The molecule has 1 saturated heterocycles. The predicted octanol–water partition coefficient (Wildman–Crippen LogP) is 3.45. The molecule has 2 aromatic rings. The lowest BCUT2D eigenvalue weighted by molar-refractivity contribution is 0.177. The van der Waals surface area contributed by atoms with E-state index in [0.717, 1.165) is 44.6 Å². The summed E-state index contributed by atoms with van der Waals surface area (Å²) in [5, 5.41) is 3.03. The molecule has 2 amide bonds. The lowest BCUT2D eigenvalue weighted by atomic mass is 10.0. The number of pyridine rings is 1.